The fourth-order valence-electron chi connectivity index (χ4n) is 7.66. The summed E-state index contributed by atoms with van der Waals surface area (Å²) in [4.78, 5) is 48.6. The number of hydrogen-bond acceptors (Lipinski definition) is 4. The van der Waals surface area contributed by atoms with Crippen LogP contribution in [0.2, 0.25) is 0 Å². The molecule has 4 aromatic carbocycles. The standard InChI is InChI=1S/C43H45F3N4O3/c1-2-3-18-34(39(47)51)36(26-28-12-7-8-13-28)41(52)49-40-42(53)50(37-20-10-9-19-35(37)38(48-40)31-15-5-4-6-16-31)27-29-14-11-17-32(25-29)30-21-23-33(24-22-30)43(44,45)46/h4-6,9-11,14-17,19-25,28,34,36,40H,2-3,7-8,12-13,18,26-27H2,1H3,(H2,47,51)(H,49,52). The maximum atomic E-state index is 14.8. The Labute approximate surface area is 308 Å². The average molecular weight is 723 g/mol. The largest absolute Gasteiger partial charge is 0.416 e. The molecule has 0 spiro atoms. The van der Waals surface area contributed by atoms with Crippen LogP contribution in [0.3, 0.4) is 0 Å². The SMILES string of the molecule is CCCCC(C(N)=O)C(CC1CCCC1)C(=O)NC1N=C(c2ccccc2)c2ccccc2N(Cc2cccc(-c3ccc(C(F)(F)F)cc3)c2)C1=O. The van der Waals surface area contributed by atoms with E-state index in [1.807, 2.05) is 79.7 Å². The maximum absolute atomic E-state index is 14.8. The molecule has 1 aliphatic heterocycles. The topological polar surface area (TPSA) is 105 Å². The number of primary amides is 1. The lowest BCUT2D eigenvalue weighted by Gasteiger charge is -2.29. The molecular formula is C43H45F3N4O3. The molecule has 1 heterocycles. The number of nitrogens with one attached hydrogen (secondary N) is 1. The van der Waals surface area contributed by atoms with E-state index in [0.717, 1.165) is 61.8 Å². The van der Waals surface area contributed by atoms with Crippen molar-refractivity contribution in [3.63, 3.8) is 0 Å². The number of hydrogen-bond donors (Lipinski definition) is 2. The van der Waals surface area contributed by atoms with Gasteiger partial charge >= 0.3 is 6.18 Å². The van der Waals surface area contributed by atoms with Gasteiger partial charge in [-0.2, -0.15) is 13.2 Å². The van der Waals surface area contributed by atoms with Crippen LogP contribution in [0.15, 0.2) is 108 Å². The molecule has 6 rings (SSSR count). The number of carbonyl (C=O) groups is 3. The minimum atomic E-state index is -4.44. The summed E-state index contributed by atoms with van der Waals surface area (Å²) in [5, 5.41) is 2.98. The predicted molar refractivity (Wildman–Crippen MR) is 201 cm³/mol. The zero-order valence-electron chi connectivity index (χ0n) is 29.8. The lowest BCUT2D eigenvalue weighted by Crippen LogP contribution is -2.50. The summed E-state index contributed by atoms with van der Waals surface area (Å²) in [6.45, 7) is 2.12. The minimum Gasteiger partial charge on any atom is -0.369 e. The summed E-state index contributed by atoms with van der Waals surface area (Å²) in [5.74, 6) is -2.47. The molecule has 10 heteroatoms. The Morgan fingerprint density at radius 2 is 1.55 bits per heavy atom. The number of anilines is 1. The van der Waals surface area contributed by atoms with Crippen LogP contribution in [-0.4, -0.2) is 29.6 Å². The van der Waals surface area contributed by atoms with Crippen molar-refractivity contribution < 1.29 is 27.6 Å². The van der Waals surface area contributed by atoms with Gasteiger partial charge in [0.2, 0.25) is 18.0 Å². The summed E-state index contributed by atoms with van der Waals surface area (Å²) in [6, 6.07) is 29.2. The van der Waals surface area contributed by atoms with Crippen LogP contribution in [-0.2, 0) is 27.1 Å². The fourth-order valence-corrected chi connectivity index (χ4v) is 7.66. The van der Waals surface area contributed by atoms with Gasteiger partial charge in [0, 0.05) is 23.0 Å². The molecule has 1 fully saturated rings. The van der Waals surface area contributed by atoms with Crippen molar-refractivity contribution in [2.24, 2.45) is 28.5 Å². The summed E-state index contributed by atoms with van der Waals surface area (Å²) in [6.07, 6.45) is 0.959. The van der Waals surface area contributed by atoms with E-state index in [1.165, 1.54) is 12.1 Å². The van der Waals surface area contributed by atoms with E-state index in [9.17, 15) is 27.6 Å². The minimum absolute atomic E-state index is 0.0974. The molecule has 0 saturated heterocycles. The lowest BCUT2D eigenvalue weighted by atomic mass is 9.80. The Morgan fingerprint density at radius 3 is 2.23 bits per heavy atom. The number of fused-ring (bicyclic) bond motifs is 1. The average Bonchev–Trinajstić information content (AvgIpc) is 3.65. The zero-order valence-corrected chi connectivity index (χ0v) is 29.8. The molecule has 3 amide bonds. The summed E-state index contributed by atoms with van der Waals surface area (Å²) >= 11 is 0. The molecule has 1 saturated carbocycles. The van der Waals surface area contributed by atoms with E-state index in [1.54, 1.807) is 11.0 Å². The lowest BCUT2D eigenvalue weighted by molar-refractivity contribution is -0.137. The molecular weight excluding hydrogens is 677 g/mol. The highest BCUT2D eigenvalue weighted by Gasteiger charge is 2.39. The molecule has 0 bridgehead atoms. The van der Waals surface area contributed by atoms with Crippen LogP contribution >= 0.6 is 0 Å². The first kappa shape index (κ1) is 37.5. The molecule has 1 aliphatic carbocycles. The number of amides is 3. The van der Waals surface area contributed by atoms with E-state index in [-0.39, 0.29) is 6.54 Å². The molecule has 3 atom stereocenters. The molecule has 276 valence electrons. The fraction of sp³-hybridized carbons (Fsp3) is 0.349. The molecule has 0 radical (unpaired) electrons. The summed E-state index contributed by atoms with van der Waals surface area (Å²) in [7, 11) is 0. The number of nitrogens with zero attached hydrogens (tertiary/aromatic N) is 2. The highest BCUT2D eigenvalue weighted by Crippen LogP contribution is 2.36. The number of unbranched alkanes of at least 4 members (excludes halogenated alkanes) is 1. The van der Waals surface area contributed by atoms with E-state index < -0.39 is 47.5 Å². The third-order valence-electron chi connectivity index (χ3n) is 10.5. The Balaban J connectivity index is 1.37. The third-order valence-corrected chi connectivity index (χ3v) is 10.5. The highest BCUT2D eigenvalue weighted by atomic mass is 19.4. The molecule has 3 N–H and O–H groups in total. The predicted octanol–water partition coefficient (Wildman–Crippen LogP) is 8.69. The van der Waals surface area contributed by atoms with E-state index in [4.69, 9.17) is 10.7 Å². The first-order valence-corrected chi connectivity index (χ1v) is 18.4. The molecule has 3 unspecified atom stereocenters. The normalized spacial score (nSPS) is 17.4. The number of carbonyl (C=O) groups excluding carboxylic acids is 3. The van der Waals surface area contributed by atoms with Gasteiger partial charge in [0.1, 0.15) is 0 Å². The number of benzodiazepines with no additional fused rings is 1. The van der Waals surface area contributed by atoms with Crippen LogP contribution in [0.25, 0.3) is 11.1 Å². The van der Waals surface area contributed by atoms with Crippen molar-refractivity contribution in [3.05, 3.63) is 125 Å². The number of alkyl halides is 3. The Bertz CT molecular complexity index is 1940. The summed E-state index contributed by atoms with van der Waals surface area (Å²) < 4.78 is 39.7. The van der Waals surface area contributed by atoms with Gasteiger partial charge in [0.25, 0.3) is 5.91 Å². The van der Waals surface area contributed by atoms with Gasteiger partial charge in [-0.25, -0.2) is 4.99 Å². The smallest absolute Gasteiger partial charge is 0.369 e. The molecule has 2 aliphatic rings. The van der Waals surface area contributed by atoms with Crippen LogP contribution < -0.4 is 16.0 Å². The van der Waals surface area contributed by atoms with Gasteiger partial charge in [-0.05, 0) is 59.7 Å². The second kappa shape index (κ2) is 16.6. The van der Waals surface area contributed by atoms with Crippen molar-refractivity contribution >= 4 is 29.1 Å². The Morgan fingerprint density at radius 1 is 0.868 bits per heavy atom. The van der Waals surface area contributed by atoms with E-state index in [0.29, 0.717) is 46.8 Å². The number of rotatable bonds is 13. The van der Waals surface area contributed by atoms with Crippen molar-refractivity contribution in [2.45, 2.75) is 77.2 Å². The first-order chi connectivity index (χ1) is 25.5. The van der Waals surface area contributed by atoms with Crippen molar-refractivity contribution in [1.29, 1.82) is 0 Å². The summed E-state index contributed by atoms with van der Waals surface area (Å²) in [5.41, 5.74) is 9.82. The number of halogens is 3. The van der Waals surface area contributed by atoms with Crippen LogP contribution in [0.4, 0.5) is 18.9 Å². The van der Waals surface area contributed by atoms with Gasteiger partial charge < -0.3 is 16.0 Å². The van der Waals surface area contributed by atoms with Gasteiger partial charge in [-0.1, -0.05) is 124 Å². The van der Waals surface area contributed by atoms with Crippen molar-refractivity contribution in [2.75, 3.05) is 4.90 Å². The van der Waals surface area contributed by atoms with Crippen LogP contribution in [0.5, 0.6) is 0 Å². The quantitative estimate of drug-likeness (QED) is 0.144. The second-order valence-corrected chi connectivity index (χ2v) is 14.1. The second-order valence-electron chi connectivity index (χ2n) is 14.1. The Kier molecular flexibility index (Phi) is 11.8. The first-order valence-electron chi connectivity index (χ1n) is 18.4. The maximum Gasteiger partial charge on any atom is 0.416 e. The number of benzene rings is 4. The highest BCUT2D eigenvalue weighted by molar-refractivity contribution is 6.20. The molecule has 4 aromatic rings. The van der Waals surface area contributed by atoms with Gasteiger partial charge in [-0.15, -0.1) is 0 Å². The van der Waals surface area contributed by atoms with Gasteiger partial charge in [0.15, 0.2) is 0 Å². The third kappa shape index (κ3) is 8.87. The van der Waals surface area contributed by atoms with Crippen molar-refractivity contribution in [3.8, 4) is 11.1 Å². The number of para-hydroxylation sites is 1. The van der Waals surface area contributed by atoms with Crippen LogP contribution in [0, 0.1) is 17.8 Å². The number of nitrogens with two attached hydrogens (primary N) is 1. The van der Waals surface area contributed by atoms with Crippen molar-refractivity contribution in [1.82, 2.24) is 5.32 Å². The zero-order chi connectivity index (χ0) is 37.5. The van der Waals surface area contributed by atoms with E-state index in [2.05, 4.69) is 5.32 Å². The molecule has 0 aromatic heterocycles. The monoisotopic (exact) mass is 722 g/mol. The molecule has 7 nitrogen and oxygen atoms in total. The van der Waals surface area contributed by atoms with Gasteiger partial charge in [0.05, 0.1) is 23.5 Å². The van der Waals surface area contributed by atoms with E-state index >= 15 is 0 Å². The van der Waals surface area contributed by atoms with Gasteiger partial charge in [-0.3, -0.25) is 14.4 Å². The van der Waals surface area contributed by atoms with Crippen LogP contribution in [0.1, 0.15) is 80.5 Å². The number of aliphatic imine (C=N–C) groups is 1. The Hall–Kier alpha value is -5.25. The molecule has 53 heavy (non-hydrogen) atoms.